The summed E-state index contributed by atoms with van der Waals surface area (Å²) in [5.74, 6) is -0.150. The van der Waals surface area contributed by atoms with Crippen molar-refractivity contribution < 1.29 is 19.1 Å². The number of hydrogen-bond donors (Lipinski definition) is 2. The summed E-state index contributed by atoms with van der Waals surface area (Å²) in [6.07, 6.45) is 1.50. The van der Waals surface area contributed by atoms with Gasteiger partial charge in [0.2, 0.25) is 0 Å². The van der Waals surface area contributed by atoms with E-state index in [1.54, 1.807) is 36.9 Å². The predicted octanol–water partition coefficient (Wildman–Crippen LogP) is 0.854. The van der Waals surface area contributed by atoms with Crippen molar-refractivity contribution in [3.05, 3.63) is 35.7 Å². The molecule has 23 heavy (non-hydrogen) atoms. The molecule has 0 radical (unpaired) electrons. The molecule has 122 valence electrons. The van der Waals surface area contributed by atoms with Gasteiger partial charge in [-0.1, -0.05) is 0 Å². The van der Waals surface area contributed by atoms with Crippen molar-refractivity contribution in [1.29, 1.82) is 0 Å². The van der Waals surface area contributed by atoms with Gasteiger partial charge in [0.1, 0.15) is 0 Å². The maximum absolute atomic E-state index is 12.3. The Balaban J connectivity index is 2.19. The highest BCUT2D eigenvalue weighted by molar-refractivity contribution is 6.05. The summed E-state index contributed by atoms with van der Waals surface area (Å²) in [5, 5.41) is 6.78. The van der Waals surface area contributed by atoms with Crippen LogP contribution in [0.4, 0.5) is 5.69 Å². The molecule has 0 saturated carbocycles. The molecule has 2 amide bonds. The third kappa shape index (κ3) is 3.79. The van der Waals surface area contributed by atoms with Crippen molar-refractivity contribution in [3.63, 3.8) is 0 Å². The molecule has 1 aromatic carbocycles. The van der Waals surface area contributed by atoms with Crippen molar-refractivity contribution in [3.8, 4) is 11.5 Å². The Hall–Kier alpha value is -3.03. The number of benzene rings is 1. The smallest absolute Gasteiger partial charge is 0.259 e. The fraction of sp³-hybridized carbons (Fsp3) is 0.267. The van der Waals surface area contributed by atoms with Gasteiger partial charge in [-0.05, 0) is 19.1 Å². The molecule has 2 rings (SSSR count). The molecular weight excluding hydrogens is 300 g/mol. The monoisotopic (exact) mass is 318 g/mol. The van der Waals surface area contributed by atoms with E-state index < -0.39 is 5.91 Å². The van der Waals surface area contributed by atoms with Gasteiger partial charge in [-0.2, -0.15) is 5.10 Å². The summed E-state index contributed by atoms with van der Waals surface area (Å²) in [4.78, 5) is 23.1. The van der Waals surface area contributed by atoms with Crippen molar-refractivity contribution in [2.24, 2.45) is 12.8 Å². The number of methoxy groups -OCH3 is 1. The fourth-order valence-electron chi connectivity index (χ4n) is 1.94. The second-order valence-electron chi connectivity index (χ2n) is 4.84. The number of amides is 2. The molecule has 0 atom stereocenters. The van der Waals surface area contributed by atoms with E-state index >= 15 is 0 Å². The van der Waals surface area contributed by atoms with Crippen LogP contribution < -0.4 is 20.5 Å². The summed E-state index contributed by atoms with van der Waals surface area (Å²) in [7, 11) is 3.24. The number of hydrogen-bond acceptors (Lipinski definition) is 5. The highest BCUT2D eigenvalue weighted by Gasteiger charge is 2.14. The molecule has 2 aromatic rings. The highest BCUT2D eigenvalue weighted by Crippen LogP contribution is 2.30. The Morgan fingerprint density at radius 3 is 2.65 bits per heavy atom. The summed E-state index contributed by atoms with van der Waals surface area (Å²) < 4.78 is 12.0. The SMILES string of the molecule is COc1ccc(NC(=O)c2cnn(C)c2C)cc1OCC(N)=O. The minimum Gasteiger partial charge on any atom is -0.493 e. The number of nitrogens with one attached hydrogen (secondary N) is 1. The summed E-state index contributed by atoms with van der Waals surface area (Å²) in [6.45, 7) is 1.52. The van der Waals surface area contributed by atoms with Crippen LogP contribution in [0.15, 0.2) is 24.4 Å². The molecule has 3 N–H and O–H groups in total. The molecule has 0 unspecified atom stereocenters. The third-order valence-corrected chi connectivity index (χ3v) is 3.27. The van der Waals surface area contributed by atoms with Crippen LogP contribution in [-0.2, 0) is 11.8 Å². The van der Waals surface area contributed by atoms with E-state index in [1.165, 1.54) is 13.3 Å². The third-order valence-electron chi connectivity index (χ3n) is 3.27. The number of ether oxygens (including phenoxy) is 2. The van der Waals surface area contributed by atoms with E-state index in [9.17, 15) is 9.59 Å². The number of anilines is 1. The maximum atomic E-state index is 12.3. The van der Waals surface area contributed by atoms with Gasteiger partial charge in [0.15, 0.2) is 18.1 Å². The van der Waals surface area contributed by atoms with Gasteiger partial charge in [-0.15, -0.1) is 0 Å². The average molecular weight is 318 g/mol. The highest BCUT2D eigenvalue weighted by atomic mass is 16.5. The molecule has 0 aliphatic carbocycles. The maximum Gasteiger partial charge on any atom is 0.259 e. The van der Waals surface area contributed by atoms with E-state index in [0.29, 0.717) is 22.7 Å². The summed E-state index contributed by atoms with van der Waals surface area (Å²) in [5.41, 5.74) is 6.79. The van der Waals surface area contributed by atoms with Crippen molar-refractivity contribution in [2.75, 3.05) is 19.0 Å². The number of aromatic nitrogens is 2. The molecule has 0 bridgehead atoms. The second-order valence-corrected chi connectivity index (χ2v) is 4.84. The molecular formula is C15H18N4O4. The lowest BCUT2D eigenvalue weighted by Crippen LogP contribution is -2.20. The van der Waals surface area contributed by atoms with Gasteiger partial charge < -0.3 is 20.5 Å². The molecule has 1 aromatic heterocycles. The van der Waals surface area contributed by atoms with Gasteiger partial charge in [0.05, 0.1) is 18.9 Å². The number of primary amides is 1. The van der Waals surface area contributed by atoms with Crippen LogP contribution in [-0.4, -0.2) is 35.3 Å². The second kappa shape index (κ2) is 6.82. The standard InChI is InChI=1S/C15H18N4O4/c1-9-11(7-17-19(9)2)15(21)18-10-4-5-12(22-3)13(6-10)23-8-14(16)20/h4-7H,8H2,1-3H3,(H2,16,20)(H,18,21). The van der Waals surface area contributed by atoms with Crippen LogP contribution >= 0.6 is 0 Å². The van der Waals surface area contributed by atoms with E-state index in [4.69, 9.17) is 15.2 Å². The molecule has 8 nitrogen and oxygen atoms in total. The van der Waals surface area contributed by atoms with Crippen LogP contribution in [0.2, 0.25) is 0 Å². The van der Waals surface area contributed by atoms with Gasteiger partial charge in [0.25, 0.3) is 11.8 Å². The van der Waals surface area contributed by atoms with Crippen LogP contribution in [0.5, 0.6) is 11.5 Å². The minimum absolute atomic E-state index is 0.282. The van der Waals surface area contributed by atoms with Gasteiger partial charge in [-0.3, -0.25) is 14.3 Å². The number of carbonyl (C=O) groups excluding carboxylic acids is 2. The quantitative estimate of drug-likeness (QED) is 0.821. The zero-order valence-corrected chi connectivity index (χ0v) is 13.1. The number of aryl methyl sites for hydroxylation is 1. The lowest BCUT2D eigenvalue weighted by atomic mass is 10.2. The van der Waals surface area contributed by atoms with Crippen LogP contribution in [0, 0.1) is 6.92 Å². The van der Waals surface area contributed by atoms with Gasteiger partial charge in [-0.25, -0.2) is 0 Å². The van der Waals surface area contributed by atoms with Crippen molar-refractivity contribution in [1.82, 2.24) is 9.78 Å². The van der Waals surface area contributed by atoms with E-state index in [-0.39, 0.29) is 12.5 Å². The largest absolute Gasteiger partial charge is 0.493 e. The average Bonchev–Trinajstić information content (AvgIpc) is 2.85. The number of nitrogens with two attached hydrogens (primary N) is 1. The first-order chi connectivity index (χ1) is 10.9. The van der Waals surface area contributed by atoms with Gasteiger partial charge >= 0.3 is 0 Å². The van der Waals surface area contributed by atoms with E-state index in [2.05, 4.69) is 10.4 Å². The lowest BCUT2D eigenvalue weighted by Gasteiger charge is -2.12. The molecule has 0 aliphatic rings. The zero-order valence-electron chi connectivity index (χ0n) is 13.1. The molecule has 1 heterocycles. The first-order valence-electron chi connectivity index (χ1n) is 6.81. The van der Waals surface area contributed by atoms with Crippen molar-refractivity contribution in [2.45, 2.75) is 6.92 Å². The van der Waals surface area contributed by atoms with Crippen LogP contribution in [0.3, 0.4) is 0 Å². The number of carbonyl (C=O) groups is 2. The normalized spacial score (nSPS) is 10.2. The lowest BCUT2D eigenvalue weighted by molar-refractivity contribution is -0.119. The Morgan fingerprint density at radius 2 is 2.09 bits per heavy atom. The van der Waals surface area contributed by atoms with Gasteiger partial charge in [0, 0.05) is 24.5 Å². The Bertz CT molecular complexity index is 739. The Labute approximate surface area is 133 Å². The molecule has 0 saturated heterocycles. The van der Waals surface area contributed by atoms with Crippen LogP contribution in [0.25, 0.3) is 0 Å². The first kappa shape index (κ1) is 16.3. The fourth-order valence-corrected chi connectivity index (χ4v) is 1.94. The van der Waals surface area contributed by atoms with E-state index in [0.717, 1.165) is 5.69 Å². The van der Waals surface area contributed by atoms with Crippen LogP contribution in [0.1, 0.15) is 16.1 Å². The van der Waals surface area contributed by atoms with Crippen molar-refractivity contribution >= 4 is 17.5 Å². The molecule has 8 heteroatoms. The summed E-state index contributed by atoms with van der Waals surface area (Å²) >= 11 is 0. The van der Waals surface area contributed by atoms with E-state index in [1.807, 2.05) is 0 Å². The number of nitrogens with zero attached hydrogens (tertiary/aromatic N) is 2. The predicted molar refractivity (Wildman–Crippen MR) is 83.6 cm³/mol. The molecule has 0 fully saturated rings. The topological polar surface area (TPSA) is 108 Å². The Morgan fingerprint density at radius 1 is 1.35 bits per heavy atom. The Kier molecular flexibility index (Phi) is 4.85. The summed E-state index contributed by atoms with van der Waals surface area (Å²) in [6, 6.07) is 4.85. The number of rotatable bonds is 6. The zero-order chi connectivity index (χ0) is 17.0. The minimum atomic E-state index is -0.604. The molecule has 0 aliphatic heterocycles. The first-order valence-corrected chi connectivity index (χ1v) is 6.81. The molecule has 0 spiro atoms.